The Labute approximate surface area is 121 Å². The minimum atomic E-state index is -0.0194. The third-order valence-corrected chi connectivity index (χ3v) is 4.42. The highest BCUT2D eigenvalue weighted by atomic mass is 32.1. The first-order valence-electron chi connectivity index (χ1n) is 6.70. The van der Waals surface area contributed by atoms with Gasteiger partial charge in [-0.2, -0.15) is 0 Å². The Kier molecular flexibility index (Phi) is 3.79. The minimum Gasteiger partial charge on any atom is -0.337 e. The maximum absolute atomic E-state index is 11.9. The molecule has 2 aromatic heterocycles. The number of nitrogens with zero attached hydrogens (tertiary/aromatic N) is 3. The largest absolute Gasteiger partial charge is 0.337 e. The van der Waals surface area contributed by atoms with Crippen LogP contribution in [0.4, 0.5) is 5.13 Å². The van der Waals surface area contributed by atoms with Gasteiger partial charge in [0.05, 0.1) is 12.0 Å². The van der Waals surface area contributed by atoms with Gasteiger partial charge >= 0.3 is 0 Å². The van der Waals surface area contributed by atoms with E-state index >= 15 is 0 Å². The van der Waals surface area contributed by atoms with E-state index in [1.807, 2.05) is 10.8 Å². The van der Waals surface area contributed by atoms with Crippen molar-refractivity contribution in [3.8, 4) is 0 Å². The summed E-state index contributed by atoms with van der Waals surface area (Å²) in [6.45, 7) is 0.627. The summed E-state index contributed by atoms with van der Waals surface area (Å²) in [6.07, 6.45) is 8.43. The summed E-state index contributed by atoms with van der Waals surface area (Å²) >= 11 is 1.55. The van der Waals surface area contributed by atoms with Crippen molar-refractivity contribution in [2.45, 2.75) is 38.3 Å². The van der Waals surface area contributed by atoms with Crippen LogP contribution >= 0.6 is 11.3 Å². The van der Waals surface area contributed by atoms with Crippen molar-refractivity contribution in [1.82, 2.24) is 14.5 Å². The van der Waals surface area contributed by atoms with Crippen LogP contribution in [0.1, 0.15) is 23.4 Å². The molecule has 0 saturated heterocycles. The molecule has 3 rings (SSSR count). The van der Waals surface area contributed by atoms with E-state index in [1.165, 1.54) is 4.88 Å². The van der Waals surface area contributed by atoms with Gasteiger partial charge in [-0.3, -0.25) is 4.79 Å². The van der Waals surface area contributed by atoms with Crippen molar-refractivity contribution in [3.05, 3.63) is 29.3 Å². The maximum Gasteiger partial charge on any atom is 0.227 e. The third-order valence-electron chi connectivity index (χ3n) is 3.38. The van der Waals surface area contributed by atoms with Crippen LogP contribution in [0.3, 0.4) is 0 Å². The number of anilines is 1. The summed E-state index contributed by atoms with van der Waals surface area (Å²) in [5.41, 5.74) is 7.04. The number of aromatic nitrogens is 3. The molecule has 6 nitrogen and oxygen atoms in total. The maximum atomic E-state index is 11.9. The minimum absolute atomic E-state index is 0.0194. The first kappa shape index (κ1) is 13.3. The van der Waals surface area contributed by atoms with Gasteiger partial charge in [0, 0.05) is 36.3 Å². The highest BCUT2D eigenvalue weighted by molar-refractivity contribution is 7.15. The first-order chi connectivity index (χ1) is 9.70. The van der Waals surface area contributed by atoms with Crippen LogP contribution in [-0.2, 0) is 24.2 Å². The average Bonchev–Trinajstić information content (AvgIpc) is 3.04. The molecule has 106 valence electrons. The molecular formula is C13H17N5OS. The van der Waals surface area contributed by atoms with Crippen molar-refractivity contribution in [3.63, 3.8) is 0 Å². The van der Waals surface area contributed by atoms with Crippen molar-refractivity contribution < 1.29 is 4.79 Å². The van der Waals surface area contributed by atoms with E-state index in [-0.39, 0.29) is 11.9 Å². The van der Waals surface area contributed by atoms with E-state index < -0.39 is 0 Å². The molecule has 20 heavy (non-hydrogen) atoms. The van der Waals surface area contributed by atoms with Crippen LogP contribution < -0.4 is 11.1 Å². The zero-order valence-electron chi connectivity index (χ0n) is 11.1. The van der Waals surface area contributed by atoms with Crippen LogP contribution in [0.15, 0.2) is 18.7 Å². The van der Waals surface area contributed by atoms with E-state index in [2.05, 4.69) is 15.3 Å². The van der Waals surface area contributed by atoms with E-state index in [0.717, 1.165) is 25.0 Å². The van der Waals surface area contributed by atoms with Crippen molar-refractivity contribution >= 4 is 22.4 Å². The number of fused-ring (bicyclic) bond motifs is 1. The number of amides is 1. The summed E-state index contributed by atoms with van der Waals surface area (Å²) in [6, 6.07) is 0.229. The number of nitrogens with two attached hydrogens (primary N) is 1. The van der Waals surface area contributed by atoms with E-state index in [9.17, 15) is 4.79 Å². The SMILES string of the molecule is N[C@H]1CCc2nc(NC(=O)CCn3ccnc3)sc2C1. The number of rotatable bonds is 4. The van der Waals surface area contributed by atoms with Crippen molar-refractivity contribution in [1.29, 1.82) is 0 Å². The fourth-order valence-corrected chi connectivity index (χ4v) is 3.40. The van der Waals surface area contributed by atoms with Crippen LogP contribution in [0.2, 0.25) is 0 Å². The average molecular weight is 291 g/mol. The standard InChI is InChI=1S/C13H17N5OS/c14-9-1-2-10-11(7-9)20-13(16-10)17-12(19)3-5-18-6-4-15-8-18/h4,6,8-9H,1-3,5,7,14H2,(H,16,17,19)/t9-/m0/s1. The molecule has 2 aromatic rings. The second kappa shape index (κ2) is 5.72. The Bertz CT molecular complexity index is 592. The molecule has 1 aliphatic rings. The lowest BCUT2D eigenvalue weighted by atomic mass is 9.99. The number of hydrogen-bond acceptors (Lipinski definition) is 5. The lowest BCUT2D eigenvalue weighted by molar-refractivity contribution is -0.116. The smallest absolute Gasteiger partial charge is 0.227 e. The highest BCUT2D eigenvalue weighted by Crippen LogP contribution is 2.29. The predicted molar refractivity (Wildman–Crippen MR) is 77.6 cm³/mol. The molecule has 0 saturated carbocycles. The molecule has 0 aliphatic heterocycles. The topological polar surface area (TPSA) is 85.8 Å². The second-order valence-electron chi connectivity index (χ2n) is 4.99. The number of carbonyl (C=O) groups excluding carboxylic acids is 1. The zero-order chi connectivity index (χ0) is 13.9. The summed E-state index contributed by atoms with van der Waals surface area (Å²) in [7, 11) is 0. The number of carbonyl (C=O) groups is 1. The van der Waals surface area contributed by atoms with Gasteiger partial charge in [-0.15, -0.1) is 11.3 Å². The van der Waals surface area contributed by atoms with Gasteiger partial charge in [-0.1, -0.05) is 0 Å². The monoisotopic (exact) mass is 291 g/mol. The van der Waals surface area contributed by atoms with Crippen LogP contribution in [-0.4, -0.2) is 26.5 Å². The van der Waals surface area contributed by atoms with E-state index in [4.69, 9.17) is 5.73 Å². The summed E-state index contributed by atoms with van der Waals surface area (Å²) in [4.78, 5) is 21.5. The van der Waals surface area contributed by atoms with Crippen LogP contribution in [0.25, 0.3) is 0 Å². The molecule has 0 aromatic carbocycles. The Hall–Kier alpha value is -1.73. The van der Waals surface area contributed by atoms with Crippen molar-refractivity contribution in [2.24, 2.45) is 5.73 Å². The van der Waals surface area contributed by atoms with Gasteiger partial charge in [-0.25, -0.2) is 9.97 Å². The Morgan fingerprint density at radius 3 is 3.30 bits per heavy atom. The molecule has 3 N–H and O–H groups in total. The second-order valence-corrected chi connectivity index (χ2v) is 6.07. The lowest BCUT2D eigenvalue weighted by Crippen LogP contribution is -2.27. The predicted octanol–water partition coefficient (Wildman–Crippen LogP) is 1.18. The number of hydrogen-bond donors (Lipinski definition) is 2. The fraction of sp³-hybridized carbons (Fsp3) is 0.462. The highest BCUT2D eigenvalue weighted by Gasteiger charge is 2.20. The van der Waals surface area contributed by atoms with E-state index in [0.29, 0.717) is 18.1 Å². The molecule has 0 fully saturated rings. The van der Waals surface area contributed by atoms with Gasteiger partial charge in [0.2, 0.25) is 5.91 Å². The quantitative estimate of drug-likeness (QED) is 0.886. The molecular weight excluding hydrogens is 274 g/mol. The lowest BCUT2D eigenvalue weighted by Gasteiger charge is -2.15. The molecule has 7 heteroatoms. The van der Waals surface area contributed by atoms with Crippen LogP contribution in [0, 0.1) is 0 Å². The Balaban J connectivity index is 1.56. The summed E-state index contributed by atoms with van der Waals surface area (Å²) < 4.78 is 1.88. The van der Waals surface area contributed by atoms with Gasteiger partial charge in [-0.05, 0) is 19.3 Å². The number of imidazole rings is 1. The molecule has 2 heterocycles. The van der Waals surface area contributed by atoms with Gasteiger partial charge in [0.25, 0.3) is 0 Å². The van der Waals surface area contributed by atoms with Gasteiger partial charge in [0.15, 0.2) is 5.13 Å². The Morgan fingerprint density at radius 2 is 2.50 bits per heavy atom. The summed E-state index contributed by atoms with van der Waals surface area (Å²) in [5, 5.41) is 3.56. The number of nitrogens with one attached hydrogen (secondary N) is 1. The molecule has 1 aliphatic carbocycles. The molecule has 1 amide bonds. The fourth-order valence-electron chi connectivity index (χ4n) is 2.29. The molecule has 0 radical (unpaired) electrons. The Morgan fingerprint density at radius 1 is 1.60 bits per heavy atom. The van der Waals surface area contributed by atoms with Gasteiger partial charge in [0.1, 0.15) is 0 Å². The van der Waals surface area contributed by atoms with Crippen LogP contribution in [0.5, 0.6) is 0 Å². The molecule has 0 unspecified atom stereocenters. The molecule has 0 bridgehead atoms. The third kappa shape index (κ3) is 3.05. The zero-order valence-corrected chi connectivity index (χ0v) is 11.9. The van der Waals surface area contributed by atoms with E-state index in [1.54, 1.807) is 23.9 Å². The normalized spacial score (nSPS) is 17.8. The number of thiazole rings is 1. The number of aryl methyl sites for hydroxylation is 2. The van der Waals surface area contributed by atoms with Crippen molar-refractivity contribution in [2.75, 3.05) is 5.32 Å². The van der Waals surface area contributed by atoms with Gasteiger partial charge < -0.3 is 15.6 Å². The first-order valence-corrected chi connectivity index (χ1v) is 7.52. The molecule has 1 atom stereocenters. The molecule has 0 spiro atoms. The summed E-state index contributed by atoms with van der Waals surface area (Å²) in [5.74, 6) is -0.0194.